The van der Waals surface area contributed by atoms with Gasteiger partial charge in [-0.3, -0.25) is 4.99 Å². The standard InChI is InChI=1S/C22H24BrNO2/c1-16(23)15-19(21(25)26-22(2,3)4)24-20(17-11-7-5-8-12-17)18-13-9-6-10-14-18/h5-14,19H,1,15H2,2-4H3/t19-/m1/s1. The van der Waals surface area contributed by atoms with E-state index < -0.39 is 11.6 Å². The molecule has 2 aromatic rings. The molecule has 0 saturated heterocycles. The van der Waals surface area contributed by atoms with E-state index in [1.165, 1.54) is 0 Å². The van der Waals surface area contributed by atoms with Gasteiger partial charge in [0.2, 0.25) is 0 Å². The maximum Gasteiger partial charge on any atom is 0.331 e. The number of aliphatic imine (C=N–C) groups is 1. The van der Waals surface area contributed by atoms with Gasteiger partial charge in [0, 0.05) is 17.5 Å². The van der Waals surface area contributed by atoms with Crippen LogP contribution in [-0.4, -0.2) is 23.3 Å². The molecule has 2 rings (SSSR count). The number of esters is 1. The normalized spacial score (nSPS) is 12.2. The molecule has 4 heteroatoms. The Kier molecular flexibility index (Phi) is 6.92. The summed E-state index contributed by atoms with van der Waals surface area (Å²) in [5.74, 6) is -0.359. The minimum Gasteiger partial charge on any atom is -0.458 e. The van der Waals surface area contributed by atoms with Crippen molar-refractivity contribution in [2.75, 3.05) is 0 Å². The van der Waals surface area contributed by atoms with Crippen LogP contribution in [0.25, 0.3) is 0 Å². The first kappa shape index (κ1) is 20.1. The van der Waals surface area contributed by atoms with Crippen molar-refractivity contribution in [3.05, 3.63) is 82.9 Å². The summed E-state index contributed by atoms with van der Waals surface area (Å²) in [7, 11) is 0. The summed E-state index contributed by atoms with van der Waals surface area (Å²) in [4.78, 5) is 17.5. The monoisotopic (exact) mass is 413 g/mol. The van der Waals surface area contributed by atoms with Crippen LogP contribution in [0.15, 0.2) is 76.7 Å². The van der Waals surface area contributed by atoms with Crippen molar-refractivity contribution in [2.24, 2.45) is 4.99 Å². The zero-order valence-corrected chi connectivity index (χ0v) is 17.0. The van der Waals surface area contributed by atoms with Gasteiger partial charge in [-0.05, 0) is 25.3 Å². The Bertz CT molecular complexity index is 735. The lowest BCUT2D eigenvalue weighted by Gasteiger charge is -2.23. The molecule has 0 bridgehead atoms. The van der Waals surface area contributed by atoms with Crippen molar-refractivity contribution in [3.63, 3.8) is 0 Å². The first-order valence-electron chi connectivity index (χ1n) is 8.51. The van der Waals surface area contributed by atoms with E-state index in [1.54, 1.807) is 0 Å². The van der Waals surface area contributed by atoms with Crippen molar-refractivity contribution in [1.29, 1.82) is 0 Å². The van der Waals surface area contributed by atoms with Crippen LogP contribution in [0.5, 0.6) is 0 Å². The highest BCUT2D eigenvalue weighted by Gasteiger charge is 2.26. The van der Waals surface area contributed by atoms with E-state index in [2.05, 4.69) is 22.5 Å². The van der Waals surface area contributed by atoms with Crippen molar-refractivity contribution in [1.82, 2.24) is 0 Å². The molecule has 26 heavy (non-hydrogen) atoms. The van der Waals surface area contributed by atoms with Crippen LogP contribution < -0.4 is 0 Å². The predicted molar refractivity (Wildman–Crippen MR) is 111 cm³/mol. The molecule has 136 valence electrons. The number of carbonyl (C=O) groups excluding carboxylic acids is 1. The van der Waals surface area contributed by atoms with Crippen LogP contribution in [0.4, 0.5) is 0 Å². The van der Waals surface area contributed by atoms with Gasteiger partial charge in [0.1, 0.15) is 5.60 Å². The molecule has 0 aliphatic rings. The number of hydrogen-bond acceptors (Lipinski definition) is 3. The summed E-state index contributed by atoms with van der Waals surface area (Å²) in [5, 5.41) is 0. The molecule has 1 atom stereocenters. The summed E-state index contributed by atoms with van der Waals surface area (Å²) < 4.78 is 6.27. The molecule has 0 aromatic heterocycles. The number of halogens is 1. The summed E-state index contributed by atoms with van der Waals surface area (Å²) in [6, 6.07) is 19.0. The summed E-state index contributed by atoms with van der Waals surface area (Å²) in [5.41, 5.74) is 2.09. The Morgan fingerprint density at radius 2 is 1.50 bits per heavy atom. The van der Waals surface area contributed by atoms with Gasteiger partial charge in [-0.15, -0.1) is 0 Å². The molecule has 0 radical (unpaired) electrons. The molecular weight excluding hydrogens is 390 g/mol. The molecular formula is C22H24BrNO2. The Hall–Kier alpha value is -2.20. The molecule has 3 nitrogen and oxygen atoms in total. The maximum absolute atomic E-state index is 12.7. The summed E-state index contributed by atoms with van der Waals surface area (Å²) >= 11 is 3.35. The molecule has 0 amide bonds. The topological polar surface area (TPSA) is 38.7 Å². The smallest absolute Gasteiger partial charge is 0.331 e. The van der Waals surface area contributed by atoms with Crippen LogP contribution in [-0.2, 0) is 9.53 Å². The molecule has 0 aliphatic heterocycles. The molecule has 0 N–H and O–H groups in total. The lowest BCUT2D eigenvalue weighted by molar-refractivity contribution is -0.156. The van der Waals surface area contributed by atoms with Gasteiger partial charge < -0.3 is 4.74 Å². The predicted octanol–water partition coefficient (Wildman–Crippen LogP) is 5.53. The number of carbonyl (C=O) groups is 1. The molecule has 0 heterocycles. The van der Waals surface area contributed by atoms with Crippen molar-refractivity contribution >= 4 is 27.6 Å². The van der Waals surface area contributed by atoms with E-state index in [0.717, 1.165) is 16.8 Å². The van der Waals surface area contributed by atoms with E-state index in [4.69, 9.17) is 9.73 Å². The van der Waals surface area contributed by atoms with Crippen molar-refractivity contribution in [3.8, 4) is 0 Å². The first-order valence-corrected chi connectivity index (χ1v) is 9.30. The van der Waals surface area contributed by atoms with E-state index >= 15 is 0 Å². The van der Waals surface area contributed by atoms with Crippen molar-refractivity contribution < 1.29 is 9.53 Å². The van der Waals surface area contributed by atoms with Crippen LogP contribution in [0, 0.1) is 0 Å². The highest BCUT2D eigenvalue weighted by atomic mass is 79.9. The Morgan fingerprint density at radius 3 is 1.88 bits per heavy atom. The Morgan fingerprint density at radius 1 is 1.04 bits per heavy atom. The van der Waals surface area contributed by atoms with Crippen LogP contribution in [0.1, 0.15) is 38.3 Å². The number of benzene rings is 2. The fourth-order valence-electron chi connectivity index (χ4n) is 2.42. The number of ether oxygens (including phenoxy) is 1. The van der Waals surface area contributed by atoms with Crippen molar-refractivity contribution in [2.45, 2.75) is 38.8 Å². The minimum atomic E-state index is -0.670. The zero-order chi connectivity index (χ0) is 19.2. The fourth-order valence-corrected chi connectivity index (χ4v) is 2.73. The minimum absolute atomic E-state index is 0.359. The maximum atomic E-state index is 12.7. The summed E-state index contributed by atoms with van der Waals surface area (Å²) in [6.45, 7) is 9.42. The average molecular weight is 414 g/mol. The summed E-state index contributed by atoms with van der Waals surface area (Å²) in [6.07, 6.45) is 0.373. The zero-order valence-electron chi connectivity index (χ0n) is 15.4. The van der Waals surface area contributed by atoms with Crippen LogP contribution in [0.2, 0.25) is 0 Å². The van der Waals surface area contributed by atoms with Crippen LogP contribution >= 0.6 is 15.9 Å². The van der Waals surface area contributed by atoms with Gasteiger partial charge in [-0.25, -0.2) is 4.79 Å². The van der Waals surface area contributed by atoms with E-state index in [1.807, 2.05) is 81.4 Å². The van der Waals surface area contributed by atoms with Gasteiger partial charge in [0.15, 0.2) is 6.04 Å². The second kappa shape index (κ2) is 8.95. The van der Waals surface area contributed by atoms with Crippen LogP contribution in [0.3, 0.4) is 0 Å². The molecule has 0 spiro atoms. The average Bonchev–Trinajstić information content (AvgIpc) is 2.58. The Balaban J connectivity index is 2.49. The van der Waals surface area contributed by atoms with Gasteiger partial charge in [0.25, 0.3) is 0 Å². The van der Waals surface area contributed by atoms with Gasteiger partial charge in [0.05, 0.1) is 5.71 Å². The second-order valence-corrected chi connectivity index (χ2v) is 8.10. The van der Waals surface area contributed by atoms with E-state index in [9.17, 15) is 4.79 Å². The quantitative estimate of drug-likeness (QED) is 0.460. The largest absolute Gasteiger partial charge is 0.458 e. The van der Waals surface area contributed by atoms with Gasteiger partial charge in [-0.1, -0.05) is 83.2 Å². The number of nitrogens with zero attached hydrogens (tertiary/aromatic N) is 1. The fraction of sp³-hybridized carbons (Fsp3) is 0.273. The number of rotatable bonds is 6. The molecule has 0 fully saturated rings. The highest BCUT2D eigenvalue weighted by Crippen LogP contribution is 2.20. The third-order valence-corrected chi connectivity index (χ3v) is 3.80. The van der Waals surface area contributed by atoms with E-state index in [0.29, 0.717) is 10.9 Å². The lowest BCUT2D eigenvalue weighted by atomic mass is 10.0. The third-order valence-electron chi connectivity index (χ3n) is 3.47. The molecule has 0 saturated carbocycles. The molecule has 2 aromatic carbocycles. The third kappa shape index (κ3) is 6.26. The second-order valence-electron chi connectivity index (χ2n) is 6.98. The molecule has 0 aliphatic carbocycles. The van der Waals surface area contributed by atoms with Gasteiger partial charge >= 0.3 is 5.97 Å². The first-order chi connectivity index (χ1) is 12.3. The SMILES string of the molecule is C=C(Br)C[C@@H](N=C(c1ccccc1)c1ccccc1)C(=O)OC(C)(C)C. The van der Waals surface area contributed by atoms with E-state index in [-0.39, 0.29) is 5.97 Å². The Labute approximate surface area is 163 Å². The number of hydrogen-bond donors (Lipinski definition) is 0. The highest BCUT2D eigenvalue weighted by molar-refractivity contribution is 9.11. The molecule has 0 unspecified atom stereocenters. The van der Waals surface area contributed by atoms with Gasteiger partial charge in [-0.2, -0.15) is 0 Å². The lowest BCUT2D eigenvalue weighted by Crippen LogP contribution is -2.31.